The number of anilines is 1. The van der Waals surface area contributed by atoms with Gasteiger partial charge >= 0.3 is 0 Å². The molecule has 0 saturated carbocycles. The van der Waals surface area contributed by atoms with Gasteiger partial charge in [-0.05, 0) is 60.8 Å². The zero-order valence-electron chi connectivity index (χ0n) is 16.6. The Morgan fingerprint density at radius 2 is 2.11 bits per heavy atom. The van der Waals surface area contributed by atoms with Gasteiger partial charge in [-0.25, -0.2) is 0 Å². The number of hydrogen-bond donors (Lipinski definition) is 1. The third-order valence-corrected chi connectivity index (χ3v) is 5.94. The van der Waals surface area contributed by atoms with E-state index in [1.165, 1.54) is 31.1 Å². The first-order chi connectivity index (χ1) is 13.4. The fourth-order valence-corrected chi connectivity index (χ4v) is 4.63. The summed E-state index contributed by atoms with van der Waals surface area (Å²) in [6.45, 7) is 6.81. The Bertz CT molecular complexity index is 974. The molecule has 2 aromatic carbocycles. The van der Waals surface area contributed by atoms with E-state index in [0.717, 1.165) is 18.8 Å². The number of carbonyl (C=O) groups is 1. The highest BCUT2D eigenvalue weighted by molar-refractivity contribution is 6.04. The maximum atomic E-state index is 12.7. The Kier molecular flexibility index (Phi) is 4.60. The lowest BCUT2D eigenvalue weighted by Gasteiger charge is -2.42. The van der Waals surface area contributed by atoms with Crippen LogP contribution in [0.4, 0.5) is 5.69 Å². The second-order valence-electron chi connectivity index (χ2n) is 8.30. The van der Waals surface area contributed by atoms with Gasteiger partial charge in [0.1, 0.15) is 11.8 Å². The molecule has 144 valence electrons. The summed E-state index contributed by atoms with van der Waals surface area (Å²) in [5.74, 6) is 0.244. The number of ether oxygens (including phenoxy) is 1. The molecule has 1 atom stereocenters. The molecule has 5 nitrogen and oxygen atoms in total. The van der Waals surface area contributed by atoms with Gasteiger partial charge in [-0.1, -0.05) is 19.9 Å². The van der Waals surface area contributed by atoms with Crippen molar-refractivity contribution in [2.45, 2.75) is 38.1 Å². The largest absolute Gasteiger partial charge is 0.495 e. The van der Waals surface area contributed by atoms with E-state index in [1.807, 2.05) is 6.07 Å². The second-order valence-corrected chi connectivity index (χ2v) is 8.30. The molecule has 0 radical (unpaired) electrons. The second kappa shape index (κ2) is 6.96. The average Bonchev–Trinajstić information content (AvgIpc) is 3.14. The molecule has 28 heavy (non-hydrogen) atoms. The molecule has 1 saturated heterocycles. The van der Waals surface area contributed by atoms with Crippen molar-refractivity contribution in [2.24, 2.45) is 0 Å². The first-order valence-corrected chi connectivity index (χ1v) is 9.71. The molecule has 2 heterocycles. The van der Waals surface area contributed by atoms with Crippen LogP contribution < -0.4 is 10.1 Å². The number of hydrogen-bond acceptors (Lipinski definition) is 4. The Balaban J connectivity index is 1.62. The van der Waals surface area contributed by atoms with Crippen molar-refractivity contribution in [1.82, 2.24) is 4.90 Å². The molecule has 1 unspecified atom stereocenters. The lowest BCUT2D eigenvalue weighted by atomic mass is 9.76. The van der Waals surface area contributed by atoms with Gasteiger partial charge in [0, 0.05) is 29.3 Å². The zero-order chi connectivity index (χ0) is 19.9. The first-order valence-electron chi connectivity index (χ1n) is 9.71. The van der Waals surface area contributed by atoms with Gasteiger partial charge in [0.05, 0.1) is 12.7 Å². The smallest absolute Gasteiger partial charge is 0.255 e. The van der Waals surface area contributed by atoms with Crippen LogP contribution in [0.25, 0.3) is 0 Å². The fourth-order valence-electron chi connectivity index (χ4n) is 4.63. The van der Waals surface area contributed by atoms with Crippen molar-refractivity contribution < 1.29 is 9.53 Å². The molecule has 0 bridgehead atoms. The number of fused-ring (bicyclic) bond motifs is 3. The first kappa shape index (κ1) is 18.5. The summed E-state index contributed by atoms with van der Waals surface area (Å²) in [5.41, 5.74) is 4.41. The highest BCUT2D eigenvalue weighted by Crippen LogP contribution is 2.45. The number of amides is 1. The number of carbonyl (C=O) groups excluding carboxylic acids is 1. The van der Waals surface area contributed by atoms with Gasteiger partial charge < -0.3 is 10.1 Å². The minimum atomic E-state index is -0.225. The molecule has 2 aliphatic heterocycles. The van der Waals surface area contributed by atoms with Crippen LogP contribution in [0.1, 0.15) is 59.8 Å². The van der Waals surface area contributed by atoms with Gasteiger partial charge in [-0.15, -0.1) is 0 Å². The minimum Gasteiger partial charge on any atom is -0.495 e. The van der Waals surface area contributed by atoms with Crippen LogP contribution in [0.5, 0.6) is 5.75 Å². The Morgan fingerprint density at radius 1 is 1.29 bits per heavy atom. The number of nitrogens with zero attached hydrogens (tertiary/aromatic N) is 2. The number of methoxy groups -OCH3 is 1. The van der Waals surface area contributed by atoms with E-state index in [0.29, 0.717) is 22.9 Å². The van der Waals surface area contributed by atoms with Crippen molar-refractivity contribution in [1.29, 1.82) is 5.26 Å². The normalized spacial score (nSPS) is 20.0. The van der Waals surface area contributed by atoms with E-state index >= 15 is 0 Å². The topological polar surface area (TPSA) is 65.4 Å². The summed E-state index contributed by atoms with van der Waals surface area (Å²) in [4.78, 5) is 15.3. The number of benzene rings is 2. The quantitative estimate of drug-likeness (QED) is 0.871. The summed E-state index contributed by atoms with van der Waals surface area (Å²) in [6, 6.07) is 13.7. The van der Waals surface area contributed by atoms with Crippen molar-refractivity contribution >= 4 is 11.6 Å². The molecule has 1 amide bonds. The average molecular weight is 375 g/mol. The summed E-state index contributed by atoms with van der Waals surface area (Å²) in [6.07, 6.45) is 2.39. The third kappa shape index (κ3) is 3.14. The van der Waals surface area contributed by atoms with Crippen LogP contribution >= 0.6 is 0 Å². The van der Waals surface area contributed by atoms with Crippen LogP contribution in [0, 0.1) is 11.3 Å². The minimum absolute atomic E-state index is 0.108. The Hall–Kier alpha value is -2.84. The molecule has 0 aromatic heterocycles. The fraction of sp³-hybridized carbons (Fsp3) is 0.391. The molecular weight excluding hydrogens is 350 g/mol. The van der Waals surface area contributed by atoms with Gasteiger partial charge in [0.25, 0.3) is 5.91 Å². The highest BCUT2D eigenvalue weighted by atomic mass is 16.5. The summed E-state index contributed by atoms with van der Waals surface area (Å²) in [5, 5.41) is 12.2. The maximum absolute atomic E-state index is 12.7. The van der Waals surface area contributed by atoms with Crippen molar-refractivity contribution in [3.63, 3.8) is 0 Å². The summed E-state index contributed by atoms with van der Waals surface area (Å²) < 4.78 is 5.15. The monoisotopic (exact) mass is 375 g/mol. The van der Waals surface area contributed by atoms with E-state index in [1.54, 1.807) is 18.2 Å². The molecule has 1 fully saturated rings. The lowest BCUT2D eigenvalue weighted by Crippen LogP contribution is -2.42. The molecule has 0 aliphatic carbocycles. The van der Waals surface area contributed by atoms with E-state index in [9.17, 15) is 10.1 Å². The van der Waals surface area contributed by atoms with Crippen LogP contribution in [-0.2, 0) is 5.41 Å². The molecule has 4 rings (SSSR count). The van der Waals surface area contributed by atoms with Crippen molar-refractivity contribution in [3.8, 4) is 11.8 Å². The molecule has 0 spiro atoms. The Morgan fingerprint density at radius 3 is 2.86 bits per heavy atom. The van der Waals surface area contributed by atoms with Crippen LogP contribution in [0.2, 0.25) is 0 Å². The predicted molar refractivity (Wildman–Crippen MR) is 109 cm³/mol. The van der Waals surface area contributed by atoms with Crippen LogP contribution in [-0.4, -0.2) is 31.0 Å². The zero-order valence-corrected chi connectivity index (χ0v) is 16.6. The Labute approximate surface area is 165 Å². The molecular formula is C23H25N3O2. The van der Waals surface area contributed by atoms with E-state index in [2.05, 4.69) is 42.3 Å². The van der Waals surface area contributed by atoms with Crippen molar-refractivity contribution in [2.75, 3.05) is 25.5 Å². The highest BCUT2D eigenvalue weighted by Gasteiger charge is 2.39. The molecule has 2 aliphatic rings. The standard InChI is InChI=1S/C23H25N3O2/c1-23(2)14-26-10-4-5-20(26)18-12-17(7-8-19(18)23)25-22(27)15-6-9-21(28-3)16(11-15)13-24/h6-9,11-12,20H,4-5,10,14H2,1-3H3,(H,25,27). The maximum Gasteiger partial charge on any atom is 0.255 e. The van der Waals surface area contributed by atoms with Crippen LogP contribution in [0.15, 0.2) is 36.4 Å². The predicted octanol–water partition coefficient (Wildman–Crippen LogP) is 4.25. The summed E-state index contributed by atoms with van der Waals surface area (Å²) in [7, 11) is 1.51. The van der Waals surface area contributed by atoms with E-state index in [-0.39, 0.29) is 11.3 Å². The van der Waals surface area contributed by atoms with Gasteiger partial charge in [-0.3, -0.25) is 9.69 Å². The summed E-state index contributed by atoms with van der Waals surface area (Å²) >= 11 is 0. The third-order valence-electron chi connectivity index (χ3n) is 5.94. The van der Waals surface area contributed by atoms with E-state index in [4.69, 9.17) is 4.74 Å². The molecule has 5 heteroatoms. The number of nitriles is 1. The van der Waals surface area contributed by atoms with Crippen molar-refractivity contribution in [3.05, 3.63) is 58.7 Å². The lowest BCUT2D eigenvalue weighted by molar-refractivity contribution is 0.102. The van der Waals surface area contributed by atoms with Gasteiger partial charge in [0.15, 0.2) is 0 Å². The van der Waals surface area contributed by atoms with E-state index < -0.39 is 0 Å². The van der Waals surface area contributed by atoms with Gasteiger partial charge in [0.2, 0.25) is 0 Å². The van der Waals surface area contributed by atoms with Crippen LogP contribution in [0.3, 0.4) is 0 Å². The SMILES string of the molecule is COc1ccc(C(=O)Nc2ccc3c(c2)C2CCCN2CC3(C)C)cc1C#N. The molecule has 1 N–H and O–H groups in total. The molecule has 2 aromatic rings. The number of rotatable bonds is 3. The number of nitrogens with one attached hydrogen (secondary N) is 1. The van der Waals surface area contributed by atoms with Gasteiger partial charge in [-0.2, -0.15) is 5.26 Å².